The third-order valence-corrected chi connectivity index (χ3v) is 4.11. The first-order valence-electron chi connectivity index (χ1n) is 8.58. The van der Waals surface area contributed by atoms with E-state index in [4.69, 9.17) is 9.47 Å². The molecule has 0 radical (unpaired) electrons. The summed E-state index contributed by atoms with van der Waals surface area (Å²) < 4.78 is 11.0. The molecule has 1 aromatic carbocycles. The SMILES string of the molecule is CC1(C)COC(C)(C)N1C(=O)OCCC[C@H](O)C#Cc1ccccc1. The van der Waals surface area contributed by atoms with Crippen molar-refractivity contribution in [3.8, 4) is 11.8 Å². The lowest BCUT2D eigenvalue weighted by Crippen LogP contribution is -2.52. The Morgan fingerprint density at radius 1 is 1.32 bits per heavy atom. The van der Waals surface area contributed by atoms with Crippen LogP contribution in [0.5, 0.6) is 0 Å². The van der Waals surface area contributed by atoms with Gasteiger partial charge in [0, 0.05) is 5.56 Å². The topological polar surface area (TPSA) is 59.0 Å². The van der Waals surface area contributed by atoms with E-state index in [-0.39, 0.29) is 6.61 Å². The van der Waals surface area contributed by atoms with Crippen molar-refractivity contribution in [2.45, 2.75) is 57.9 Å². The Kier molecular flexibility index (Phi) is 6.10. The molecule has 0 aliphatic carbocycles. The number of aliphatic hydroxyl groups excluding tert-OH is 1. The molecule has 0 aromatic heterocycles. The molecule has 136 valence electrons. The van der Waals surface area contributed by atoms with Gasteiger partial charge in [-0.05, 0) is 52.7 Å². The molecule has 0 spiro atoms. The number of carbonyl (C=O) groups excluding carboxylic acids is 1. The number of hydrogen-bond acceptors (Lipinski definition) is 4. The van der Waals surface area contributed by atoms with E-state index < -0.39 is 23.5 Å². The molecule has 5 nitrogen and oxygen atoms in total. The fourth-order valence-corrected chi connectivity index (χ4v) is 2.94. The van der Waals surface area contributed by atoms with E-state index >= 15 is 0 Å². The summed E-state index contributed by atoms with van der Waals surface area (Å²) in [5.74, 6) is 5.73. The molecule has 1 aliphatic heterocycles. The van der Waals surface area contributed by atoms with E-state index in [2.05, 4.69) is 11.8 Å². The second-order valence-corrected chi connectivity index (χ2v) is 7.29. The van der Waals surface area contributed by atoms with Gasteiger partial charge in [-0.15, -0.1) is 0 Å². The van der Waals surface area contributed by atoms with E-state index in [9.17, 15) is 9.90 Å². The summed E-state index contributed by atoms with van der Waals surface area (Å²) in [6.07, 6.45) is -0.123. The summed E-state index contributed by atoms with van der Waals surface area (Å²) in [4.78, 5) is 14.0. The van der Waals surface area contributed by atoms with Crippen LogP contribution in [0.15, 0.2) is 30.3 Å². The van der Waals surface area contributed by atoms with Crippen LogP contribution in [0.25, 0.3) is 0 Å². The summed E-state index contributed by atoms with van der Waals surface area (Å²) in [5, 5.41) is 9.91. The van der Waals surface area contributed by atoms with Gasteiger partial charge in [0.15, 0.2) is 0 Å². The van der Waals surface area contributed by atoms with Gasteiger partial charge in [-0.25, -0.2) is 4.79 Å². The minimum atomic E-state index is -0.734. The molecule has 1 aromatic rings. The van der Waals surface area contributed by atoms with Gasteiger partial charge in [-0.1, -0.05) is 30.0 Å². The lowest BCUT2D eigenvalue weighted by atomic mass is 10.0. The van der Waals surface area contributed by atoms with E-state index in [1.165, 1.54) is 0 Å². The molecule has 25 heavy (non-hydrogen) atoms. The monoisotopic (exact) mass is 345 g/mol. The molecule has 1 heterocycles. The number of benzene rings is 1. The van der Waals surface area contributed by atoms with Crippen LogP contribution in [-0.4, -0.2) is 46.7 Å². The summed E-state index contributed by atoms with van der Waals surface area (Å²) in [5.41, 5.74) is -0.214. The predicted molar refractivity (Wildman–Crippen MR) is 95.9 cm³/mol. The first-order chi connectivity index (χ1) is 11.7. The van der Waals surface area contributed by atoms with Crippen molar-refractivity contribution in [3.63, 3.8) is 0 Å². The van der Waals surface area contributed by atoms with Crippen molar-refractivity contribution in [2.24, 2.45) is 0 Å². The van der Waals surface area contributed by atoms with Crippen LogP contribution in [0, 0.1) is 11.8 Å². The highest BCUT2D eigenvalue weighted by atomic mass is 16.6. The fourth-order valence-electron chi connectivity index (χ4n) is 2.94. The lowest BCUT2D eigenvalue weighted by Gasteiger charge is -2.36. The van der Waals surface area contributed by atoms with Gasteiger partial charge in [0.2, 0.25) is 0 Å². The Morgan fingerprint density at radius 2 is 2.00 bits per heavy atom. The number of ether oxygens (including phenoxy) is 2. The maximum Gasteiger partial charge on any atom is 0.412 e. The zero-order valence-electron chi connectivity index (χ0n) is 15.4. The van der Waals surface area contributed by atoms with Crippen molar-refractivity contribution in [3.05, 3.63) is 35.9 Å². The van der Waals surface area contributed by atoms with Crippen molar-refractivity contribution in [1.82, 2.24) is 4.90 Å². The quantitative estimate of drug-likeness (QED) is 0.673. The summed E-state index contributed by atoms with van der Waals surface area (Å²) >= 11 is 0. The molecule has 1 atom stereocenters. The summed E-state index contributed by atoms with van der Waals surface area (Å²) in [6, 6.07) is 9.51. The molecule has 1 N–H and O–H groups in total. The minimum absolute atomic E-state index is 0.242. The van der Waals surface area contributed by atoms with Crippen LogP contribution in [0.2, 0.25) is 0 Å². The zero-order chi connectivity index (χ0) is 18.5. The van der Waals surface area contributed by atoms with Crippen molar-refractivity contribution in [2.75, 3.05) is 13.2 Å². The normalized spacial score (nSPS) is 19.0. The van der Waals surface area contributed by atoms with Crippen LogP contribution in [-0.2, 0) is 9.47 Å². The van der Waals surface area contributed by atoms with Crippen LogP contribution >= 0.6 is 0 Å². The molecule has 1 amide bonds. The molecular weight excluding hydrogens is 318 g/mol. The van der Waals surface area contributed by atoms with Gasteiger partial charge in [-0.3, -0.25) is 4.90 Å². The highest BCUT2D eigenvalue weighted by Crippen LogP contribution is 2.34. The van der Waals surface area contributed by atoms with Crippen LogP contribution in [0.3, 0.4) is 0 Å². The number of aliphatic hydroxyl groups is 1. The Morgan fingerprint density at radius 3 is 2.60 bits per heavy atom. The molecule has 0 saturated carbocycles. The molecule has 5 heteroatoms. The molecule has 1 saturated heterocycles. The second kappa shape index (κ2) is 7.90. The van der Waals surface area contributed by atoms with E-state index in [0.717, 1.165) is 5.56 Å². The Balaban J connectivity index is 1.76. The maximum absolute atomic E-state index is 12.4. The van der Waals surface area contributed by atoms with Crippen LogP contribution in [0.1, 0.15) is 46.1 Å². The Bertz CT molecular complexity index is 627. The standard InChI is InChI=1S/C20H27NO4/c1-19(2)15-25-20(3,4)21(19)18(23)24-14-8-11-17(22)13-12-16-9-6-5-7-10-16/h5-7,9-10,17,22H,8,11,14-15H2,1-4H3/t17-/m0/s1. The van der Waals surface area contributed by atoms with Gasteiger partial charge in [0.25, 0.3) is 0 Å². The van der Waals surface area contributed by atoms with Crippen LogP contribution < -0.4 is 0 Å². The van der Waals surface area contributed by atoms with E-state index in [0.29, 0.717) is 19.4 Å². The summed E-state index contributed by atoms with van der Waals surface area (Å²) in [6.45, 7) is 8.32. The van der Waals surface area contributed by atoms with Gasteiger partial charge >= 0.3 is 6.09 Å². The van der Waals surface area contributed by atoms with E-state index in [1.54, 1.807) is 4.90 Å². The number of rotatable bonds is 4. The lowest BCUT2D eigenvalue weighted by molar-refractivity contribution is -0.0520. The molecule has 0 bridgehead atoms. The molecular formula is C20H27NO4. The zero-order valence-corrected chi connectivity index (χ0v) is 15.4. The smallest absolute Gasteiger partial charge is 0.412 e. The number of hydrogen-bond donors (Lipinski definition) is 1. The first-order valence-corrected chi connectivity index (χ1v) is 8.58. The Labute approximate surface area is 149 Å². The van der Waals surface area contributed by atoms with Crippen molar-refractivity contribution < 1.29 is 19.4 Å². The maximum atomic E-state index is 12.4. The highest BCUT2D eigenvalue weighted by Gasteiger charge is 2.49. The van der Waals surface area contributed by atoms with Gasteiger partial charge in [0.05, 0.1) is 18.8 Å². The van der Waals surface area contributed by atoms with Gasteiger partial charge < -0.3 is 14.6 Å². The average molecular weight is 345 g/mol. The second-order valence-electron chi connectivity index (χ2n) is 7.29. The van der Waals surface area contributed by atoms with E-state index in [1.807, 2.05) is 58.0 Å². The largest absolute Gasteiger partial charge is 0.449 e. The third kappa shape index (κ3) is 5.22. The van der Waals surface area contributed by atoms with Crippen molar-refractivity contribution in [1.29, 1.82) is 0 Å². The average Bonchev–Trinajstić information content (AvgIpc) is 2.78. The third-order valence-electron chi connectivity index (χ3n) is 4.11. The summed E-state index contributed by atoms with van der Waals surface area (Å²) in [7, 11) is 0. The van der Waals surface area contributed by atoms with Gasteiger partial charge in [0.1, 0.15) is 11.8 Å². The highest BCUT2D eigenvalue weighted by molar-refractivity contribution is 5.69. The molecule has 2 rings (SSSR count). The molecule has 1 aliphatic rings. The predicted octanol–water partition coefficient (Wildman–Crippen LogP) is 3.16. The number of amides is 1. The number of carbonyl (C=O) groups is 1. The first kappa shape index (κ1) is 19.3. The molecule has 1 fully saturated rings. The van der Waals surface area contributed by atoms with Crippen molar-refractivity contribution >= 4 is 6.09 Å². The Hall–Kier alpha value is -2.03. The van der Waals surface area contributed by atoms with Gasteiger partial charge in [-0.2, -0.15) is 0 Å². The fraction of sp³-hybridized carbons (Fsp3) is 0.550. The molecule has 0 unspecified atom stereocenters. The minimum Gasteiger partial charge on any atom is -0.449 e. The van der Waals surface area contributed by atoms with Crippen LogP contribution in [0.4, 0.5) is 4.79 Å². The number of nitrogens with zero attached hydrogens (tertiary/aromatic N) is 1.